The van der Waals surface area contributed by atoms with E-state index in [1.54, 1.807) is 0 Å². The van der Waals surface area contributed by atoms with E-state index in [2.05, 4.69) is 10.6 Å². The number of anilines is 1. The van der Waals surface area contributed by atoms with Crippen molar-refractivity contribution in [2.45, 2.75) is 5.50 Å². The topological polar surface area (TPSA) is 24.1 Å². The molecule has 58 valence electrons. The lowest BCUT2D eigenvalue weighted by Crippen LogP contribution is -2.29. The van der Waals surface area contributed by atoms with E-state index in [1.807, 2.05) is 24.3 Å². The minimum Gasteiger partial charge on any atom is -0.372 e. The molecule has 0 spiro atoms. The molecule has 0 radical (unpaired) electrons. The zero-order chi connectivity index (χ0) is 7.68. The molecule has 1 unspecified atom stereocenters. The highest BCUT2D eigenvalue weighted by molar-refractivity contribution is 6.21. The summed E-state index contributed by atoms with van der Waals surface area (Å²) < 4.78 is 0. The molecule has 1 aliphatic rings. The first-order valence-electron chi connectivity index (χ1n) is 3.58. The largest absolute Gasteiger partial charge is 0.372 e. The lowest BCUT2D eigenvalue weighted by Gasteiger charge is -2.23. The number of halogens is 1. The van der Waals surface area contributed by atoms with Gasteiger partial charge in [0, 0.05) is 11.3 Å². The summed E-state index contributed by atoms with van der Waals surface area (Å²) in [7, 11) is 0. The molecule has 2 nitrogen and oxygen atoms in total. The molecule has 0 aliphatic carbocycles. The molecular formula is C8H9ClN2. The number of fused-ring (bicyclic) bond motifs is 1. The van der Waals surface area contributed by atoms with E-state index in [1.165, 1.54) is 0 Å². The molecule has 0 fully saturated rings. The maximum atomic E-state index is 6.00. The van der Waals surface area contributed by atoms with Crippen LogP contribution in [0.15, 0.2) is 24.3 Å². The van der Waals surface area contributed by atoms with Gasteiger partial charge in [0.25, 0.3) is 0 Å². The highest BCUT2D eigenvalue weighted by atomic mass is 35.5. The van der Waals surface area contributed by atoms with Crippen LogP contribution in [0.1, 0.15) is 11.1 Å². The van der Waals surface area contributed by atoms with Gasteiger partial charge in [0.05, 0.1) is 6.67 Å². The minimum atomic E-state index is -0.0487. The van der Waals surface area contributed by atoms with E-state index < -0.39 is 0 Å². The van der Waals surface area contributed by atoms with Crippen LogP contribution in [0, 0.1) is 0 Å². The summed E-state index contributed by atoms with van der Waals surface area (Å²) in [5, 5.41) is 6.29. The van der Waals surface area contributed by atoms with Crippen molar-refractivity contribution in [1.29, 1.82) is 0 Å². The average molecular weight is 169 g/mol. The van der Waals surface area contributed by atoms with Gasteiger partial charge in [0.2, 0.25) is 0 Å². The summed E-state index contributed by atoms with van der Waals surface area (Å²) in [5.41, 5.74) is 2.21. The van der Waals surface area contributed by atoms with Gasteiger partial charge in [-0.25, -0.2) is 0 Å². The summed E-state index contributed by atoms with van der Waals surface area (Å²) in [5.74, 6) is 0. The smallest absolute Gasteiger partial charge is 0.111 e. The van der Waals surface area contributed by atoms with Crippen LogP contribution in [0.2, 0.25) is 0 Å². The maximum absolute atomic E-state index is 6.00. The van der Waals surface area contributed by atoms with Crippen LogP contribution in [0.4, 0.5) is 5.69 Å². The molecule has 2 rings (SSSR count). The van der Waals surface area contributed by atoms with Gasteiger partial charge >= 0.3 is 0 Å². The van der Waals surface area contributed by atoms with Gasteiger partial charge in [-0.3, -0.25) is 5.32 Å². The summed E-state index contributed by atoms with van der Waals surface area (Å²) in [4.78, 5) is 0. The molecule has 0 bridgehead atoms. The van der Waals surface area contributed by atoms with Gasteiger partial charge in [-0.15, -0.1) is 11.6 Å². The summed E-state index contributed by atoms with van der Waals surface area (Å²) in [6.45, 7) is 0.741. The van der Waals surface area contributed by atoms with E-state index in [4.69, 9.17) is 11.6 Å². The van der Waals surface area contributed by atoms with Gasteiger partial charge < -0.3 is 5.32 Å². The standard InChI is InChI=1S/C8H9ClN2/c9-8-6-3-1-2-4-7(6)10-5-11-8/h1-4,8,10-11H,5H2. The van der Waals surface area contributed by atoms with Crippen LogP contribution in [0.3, 0.4) is 0 Å². The second-order valence-electron chi connectivity index (χ2n) is 2.51. The van der Waals surface area contributed by atoms with Gasteiger partial charge in [0.15, 0.2) is 0 Å². The first-order valence-corrected chi connectivity index (χ1v) is 4.02. The zero-order valence-corrected chi connectivity index (χ0v) is 6.73. The summed E-state index contributed by atoms with van der Waals surface area (Å²) >= 11 is 6.00. The third-order valence-electron chi connectivity index (χ3n) is 1.79. The lowest BCUT2D eigenvalue weighted by molar-refractivity contribution is 0.684. The van der Waals surface area contributed by atoms with E-state index in [-0.39, 0.29) is 5.50 Å². The van der Waals surface area contributed by atoms with E-state index in [0.717, 1.165) is 17.9 Å². The number of rotatable bonds is 0. The van der Waals surface area contributed by atoms with E-state index >= 15 is 0 Å². The Labute approximate surface area is 70.6 Å². The van der Waals surface area contributed by atoms with Crippen molar-refractivity contribution in [3.8, 4) is 0 Å². The van der Waals surface area contributed by atoms with Crippen molar-refractivity contribution in [2.24, 2.45) is 0 Å². The number of para-hydroxylation sites is 1. The minimum absolute atomic E-state index is 0.0487. The molecule has 1 aromatic rings. The molecule has 11 heavy (non-hydrogen) atoms. The molecule has 1 aliphatic heterocycles. The average Bonchev–Trinajstić information content (AvgIpc) is 2.06. The first kappa shape index (κ1) is 6.95. The van der Waals surface area contributed by atoms with Crippen molar-refractivity contribution in [3.05, 3.63) is 29.8 Å². The SMILES string of the molecule is ClC1NCNc2ccccc21. The van der Waals surface area contributed by atoms with Crippen LogP contribution in [-0.2, 0) is 0 Å². The highest BCUT2D eigenvalue weighted by Crippen LogP contribution is 2.27. The number of alkyl halides is 1. The molecule has 1 aromatic carbocycles. The predicted molar refractivity (Wildman–Crippen MR) is 46.7 cm³/mol. The number of hydrogen-bond donors (Lipinski definition) is 2. The van der Waals surface area contributed by atoms with Gasteiger partial charge in [-0.2, -0.15) is 0 Å². The van der Waals surface area contributed by atoms with Crippen LogP contribution < -0.4 is 10.6 Å². The quantitative estimate of drug-likeness (QED) is 0.457. The van der Waals surface area contributed by atoms with Crippen molar-refractivity contribution in [3.63, 3.8) is 0 Å². The van der Waals surface area contributed by atoms with Crippen molar-refractivity contribution >= 4 is 17.3 Å². The van der Waals surface area contributed by atoms with Crippen molar-refractivity contribution < 1.29 is 0 Å². The molecule has 0 aromatic heterocycles. The fourth-order valence-corrected chi connectivity index (χ4v) is 1.49. The molecule has 0 amide bonds. The number of benzene rings is 1. The van der Waals surface area contributed by atoms with E-state index in [0.29, 0.717) is 0 Å². The third kappa shape index (κ3) is 1.19. The molecular weight excluding hydrogens is 160 g/mol. The normalized spacial score (nSPS) is 22.1. The molecule has 0 saturated heterocycles. The third-order valence-corrected chi connectivity index (χ3v) is 2.18. The monoisotopic (exact) mass is 168 g/mol. The Kier molecular flexibility index (Phi) is 1.72. The zero-order valence-electron chi connectivity index (χ0n) is 5.97. The van der Waals surface area contributed by atoms with Crippen molar-refractivity contribution in [1.82, 2.24) is 5.32 Å². The second kappa shape index (κ2) is 2.72. The Balaban J connectivity index is 2.44. The highest BCUT2D eigenvalue weighted by Gasteiger charge is 2.14. The molecule has 3 heteroatoms. The van der Waals surface area contributed by atoms with Crippen molar-refractivity contribution in [2.75, 3.05) is 12.0 Å². The lowest BCUT2D eigenvalue weighted by atomic mass is 10.1. The van der Waals surface area contributed by atoms with Crippen LogP contribution in [-0.4, -0.2) is 6.67 Å². The molecule has 1 atom stereocenters. The molecule has 0 saturated carbocycles. The van der Waals surface area contributed by atoms with Gasteiger partial charge in [-0.05, 0) is 6.07 Å². The number of nitrogens with one attached hydrogen (secondary N) is 2. The van der Waals surface area contributed by atoms with Gasteiger partial charge in [-0.1, -0.05) is 18.2 Å². The predicted octanol–water partition coefficient (Wildman–Crippen LogP) is 1.90. The van der Waals surface area contributed by atoms with E-state index in [9.17, 15) is 0 Å². The molecule has 2 N–H and O–H groups in total. The fourth-order valence-electron chi connectivity index (χ4n) is 1.22. The Morgan fingerprint density at radius 3 is 3.00 bits per heavy atom. The Hall–Kier alpha value is -0.730. The second-order valence-corrected chi connectivity index (χ2v) is 2.94. The van der Waals surface area contributed by atoms with Crippen LogP contribution >= 0.6 is 11.6 Å². The molecule has 1 heterocycles. The maximum Gasteiger partial charge on any atom is 0.111 e. The Morgan fingerprint density at radius 2 is 2.18 bits per heavy atom. The first-order chi connectivity index (χ1) is 5.38. The van der Waals surface area contributed by atoms with Crippen LogP contribution in [0.5, 0.6) is 0 Å². The number of hydrogen-bond acceptors (Lipinski definition) is 2. The van der Waals surface area contributed by atoms with Crippen LogP contribution in [0.25, 0.3) is 0 Å². The Bertz CT molecular complexity index is 262. The Morgan fingerprint density at radius 1 is 1.36 bits per heavy atom. The fraction of sp³-hybridized carbons (Fsp3) is 0.250. The summed E-state index contributed by atoms with van der Waals surface area (Å²) in [6, 6.07) is 8.04. The van der Waals surface area contributed by atoms with Gasteiger partial charge in [0.1, 0.15) is 5.50 Å². The summed E-state index contributed by atoms with van der Waals surface area (Å²) in [6.07, 6.45) is 0.